The van der Waals surface area contributed by atoms with Crippen LogP contribution in [0.15, 0.2) is 10.5 Å². The van der Waals surface area contributed by atoms with Crippen LogP contribution in [0.5, 0.6) is 0 Å². The second-order valence-corrected chi connectivity index (χ2v) is 9.00. The van der Waals surface area contributed by atoms with E-state index in [0.717, 1.165) is 11.3 Å². The molecule has 1 aliphatic rings. The Morgan fingerprint density at radius 2 is 1.97 bits per heavy atom. The lowest BCUT2D eigenvalue weighted by molar-refractivity contribution is -0.146. The monoisotopic (exact) mass is 548 g/mol. The van der Waals surface area contributed by atoms with E-state index in [2.05, 4.69) is 50.7 Å². The smallest absolute Gasteiger partial charge is 0.404 e. The lowest BCUT2D eigenvalue weighted by Gasteiger charge is -2.43. The Balaban J connectivity index is 0.000000809. The number of carbonyl (C=O) groups excluding carboxylic acids is 3. The summed E-state index contributed by atoms with van der Waals surface area (Å²) in [6, 6.07) is -1.35. The van der Waals surface area contributed by atoms with Crippen molar-refractivity contribution in [1.29, 1.82) is 5.26 Å². The molecule has 2 heterocycles. The van der Waals surface area contributed by atoms with Crippen molar-refractivity contribution in [2.24, 2.45) is 10.9 Å². The van der Waals surface area contributed by atoms with Gasteiger partial charge in [-0.3, -0.25) is 14.1 Å². The van der Waals surface area contributed by atoms with E-state index in [1.165, 1.54) is 25.0 Å². The predicted molar refractivity (Wildman–Crippen MR) is 128 cm³/mol. The Labute approximate surface area is 211 Å². The molecular weight excluding hydrogens is 520 g/mol. The number of β-lactam (4-membered cyclic amide) rings is 1. The number of hydrogen-bond donors (Lipinski definition) is 4. The number of ether oxygens (including phenoxy) is 1. The maximum Gasteiger partial charge on any atom is 0.404 e. The fraction of sp³-hybridized carbons (Fsp3) is 0.556. The highest BCUT2D eigenvalue weighted by molar-refractivity contribution is 7.84. The molecule has 18 heteroatoms. The van der Waals surface area contributed by atoms with Crippen molar-refractivity contribution in [3.05, 3.63) is 11.1 Å². The second-order valence-electron chi connectivity index (χ2n) is 6.82. The van der Waals surface area contributed by atoms with Crippen LogP contribution >= 0.6 is 11.3 Å². The van der Waals surface area contributed by atoms with Gasteiger partial charge in [0.05, 0.1) is 0 Å². The van der Waals surface area contributed by atoms with Crippen molar-refractivity contribution in [1.82, 2.24) is 19.5 Å². The molecule has 0 saturated carbocycles. The fourth-order valence-corrected chi connectivity index (χ4v) is 4.31. The minimum absolute atomic E-state index is 0.0186. The lowest BCUT2D eigenvalue weighted by Crippen LogP contribution is -2.73. The topological polar surface area (TPSA) is 244 Å². The van der Waals surface area contributed by atoms with Crippen molar-refractivity contribution in [2.75, 3.05) is 38.6 Å². The van der Waals surface area contributed by atoms with Crippen LogP contribution in [-0.2, 0) is 29.5 Å². The SMILES string of the molecule is CCN(CC)CC.N#CCON=C(C(=O)N[C@@H]1C(=O)N(S(=O)(=O)O)[C@@H]1COC(N)=O)c1csc(N)n1. The molecule has 1 aromatic heterocycles. The molecule has 36 heavy (non-hydrogen) atoms. The normalized spacial score (nSPS) is 17.4. The summed E-state index contributed by atoms with van der Waals surface area (Å²) in [5.74, 6) is -2.24. The van der Waals surface area contributed by atoms with Gasteiger partial charge in [-0.2, -0.15) is 13.7 Å². The molecule has 0 aliphatic carbocycles. The molecule has 1 fully saturated rings. The number of aromatic nitrogens is 1. The zero-order chi connectivity index (χ0) is 27.5. The summed E-state index contributed by atoms with van der Waals surface area (Å²) < 4.78 is 36.2. The van der Waals surface area contributed by atoms with Crippen LogP contribution in [0.1, 0.15) is 26.5 Å². The third kappa shape index (κ3) is 8.60. The summed E-state index contributed by atoms with van der Waals surface area (Å²) in [5, 5.41) is 15.6. The summed E-state index contributed by atoms with van der Waals surface area (Å²) in [6.07, 6.45) is -1.27. The molecule has 16 nitrogen and oxygen atoms in total. The second kappa shape index (κ2) is 14.1. The first-order chi connectivity index (χ1) is 16.9. The van der Waals surface area contributed by atoms with E-state index in [0.29, 0.717) is 0 Å². The van der Waals surface area contributed by atoms with E-state index in [1.807, 2.05) is 0 Å². The van der Waals surface area contributed by atoms with Crippen molar-refractivity contribution in [2.45, 2.75) is 32.9 Å². The first kappa shape index (κ1) is 30.5. The largest absolute Gasteiger partial charge is 0.447 e. The van der Waals surface area contributed by atoms with Crippen molar-refractivity contribution in [3.8, 4) is 6.07 Å². The van der Waals surface area contributed by atoms with Gasteiger partial charge >= 0.3 is 16.4 Å². The van der Waals surface area contributed by atoms with Crippen molar-refractivity contribution in [3.63, 3.8) is 0 Å². The van der Waals surface area contributed by atoms with Crippen molar-refractivity contribution >= 4 is 50.4 Å². The van der Waals surface area contributed by atoms with Gasteiger partial charge in [-0.25, -0.2) is 14.1 Å². The predicted octanol–water partition coefficient (Wildman–Crippen LogP) is -1.09. The number of nitrogens with zero attached hydrogens (tertiary/aromatic N) is 5. The van der Waals surface area contributed by atoms with Crippen LogP contribution in [0.2, 0.25) is 0 Å². The summed E-state index contributed by atoms with van der Waals surface area (Å²) in [4.78, 5) is 46.2. The molecule has 1 aromatic rings. The van der Waals surface area contributed by atoms with E-state index in [4.69, 9.17) is 21.3 Å². The average molecular weight is 549 g/mol. The number of thiazole rings is 1. The van der Waals surface area contributed by atoms with Gasteiger partial charge in [-0.05, 0) is 19.6 Å². The zero-order valence-corrected chi connectivity index (χ0v) is 21.4. The molecular formula is C18H28N8O8S2. The maximum absolute atomic E-state index is 12.5. The molecule has 0 aromatic carbocycles. The standard InChI is InChI=1S/C12H13N7O8S2.C6H15N/c13-1-2-27-18-7(5-4-28-11(14)16-5)9(20)17-8-6(3-26-12(15)22)19(10(8)21)29(23,24)25;1-4-7(5-2)6-3/h4,6,8H,2-3H2,(H2,14,16)(H2,15,22)(H,17,20)(H,23,24,25);4-6H2,1-3H3/t6-,8+;/m1./s1. The van der Waals surface area contributed by atoms with Gasteiger partial charge in [0.15, 0.2) is 10.8 Å². The van der Waals surface area contributed by atoms with Crippen LogP contribution in [0.3, 0.4) is 0 Å². The Hall–Kier alpha value is -3.53. The third-order valence-electron chi connectivity index (χ3n) is 4.71. The Morgan fingerprint density at radius 1 is 1.36 bits per heavy atom. The van der Waals surface area contributed by atoms with Crippen LogP contribution in [0, 0.1) is 11.3 Å². The number of nitrogens with one attached hydrogen (secondary N) is 1. The number of hydrogen-bond acceptors (Lipinski definition) is 13. The zero-order valence-electron chi connectivity index (χ0n) is 19.8. The summed E-state index contributed by atoms with van der Waals surface area (Å²) in [6.45, 7) is 8.90. The molecule has 0 unspecified atom stereocenters. The molecule has 0 radical (unpaired) electrons. The van der Waals surface area contributed by atoms with Gasteiger partial charge in [-0.1, -0.05) is 25.9 Å². The summed E-state index contributed by atoms with van der Waals surface area (Å²) >= 11 is 0.971. The summed E-state index contributed by atoms with van der Waals surface area (Å²) in [7, 11) is -4.99. The third-order valence-corrected chi connectivity index (χ3v) is 6.33. The number of nitrogen functional groups attached to an aromatic ring is 1. The van der Waals surface area contributed by atoms with E-state index >= 15 is 0 Å². The Bertz CT molecular complexity index is 1090. The molecule has 1 saturated heterocycles. The van der Waals surface area contributed by atoms with Gasteiger partial charge in [0.25, 0.3) is 11.8 Å². The molecule has 1 aliphatic heterocycles. The van der Waals surface area contributed by atoms with Gasteiger partial charge in [0.2, 0.25) is 6.61 Å². The van der Waals surface area contributed by atoms with Crippen LogP contribution < -0.4 is 16.8 Å². The number of nitrogens with two attached hydrogens (primary N) is 2. The van der Waals surface area contributed by atoms with E-state index < -0.39 is 59.2 Å². The number of carbonyl (C=O) groups is 3. The molecule has 0 spiro atoms. The molecule has 200 valence electrons. The lowest BCUT2D eigenvalue weighted by atomic mass is 9.99. The molecule has 0 bridgehead atoms. The van der Waals surface area contributed by atoms with Crippen LogP contribution in [-0.4, -0.2) is 95.7 Å². The number of oxime groups is 1. The number of amides is 3. The molecule has 6 N–H and O–H groups in total. The molecule has 2 rings (SSSR count). The molecule has 2 atom stereocenters. The van der Waals surface area contributed by atoms with E-state index in [-0.39, 0.29) is 15.1 Å². The molecule has 3 amide bonds. The Morgan fingerprint density at radius 3 is 2.39 bits per heavy atom. The highest BCUT2D eigenvalue weighted by atomic mass is 32.2. The summed E-state index contributed by atoms with van der Waals surface area (Å²) in [5.41, 5.74) is 9.81. The maximum atomic E-state index is 12.5. The van der Waals surface area contributed by atoms with Crippen molar-refractivity contribution < 1.29 is 36.9 Å². The van der Waals surface area contributed by atoms with Crippen LogP contribution in [0.25, 0.3) is 0 Å². The fourth-order valence-electron chi connectivity index (χ4n) is 2.90. The quantitative estimate of drug-likeness (QED) is 0.0847. The van der Waals surface area contributed by atoms with E-state index in [1.54, 1.807) is 6.07 Å². The number of nitriles is 1. The first-order valence-electron chi connectivity index (χ1n) is 10.4. The van der Waals surface area contributed by atoms with E-state index in [9.17, 15) is 22.8 Å². The minimum Gasteiger partial charge on any atom is -0.447 e. The number of rotatable bonds is 11. The average Bonchev–Trinajstić information content (AvgIpc) is 3.23. The van der Waals surface area contributed by atoms with Gasteiger partial charge < -0.3 is 31.3 Å². The number of anilines is 1. The highest BCUT2D eigenvalue weighted by Gasteiger charge is 2.54. The van der Waals surface area contributed by atoms with Gasteiger partial charge in [0, 0.05) is 5.38 Å². The van der Waals surface area contributed by atoms with Crippen LogP contribution in [0.4, 0.5) is 9.93 Å². The first-order valence-corrected chi connectivity index (χ1v) is 12.7. The Kier molecular flexibility index (Phi) is 12.0. The van der Waals surface area contributed by atoms with Gasteiger partial charge in [0.1, 0.15) is 30.5 Å². The highest BCUT2D eigenvalue weighted by Crippen LogP contribution is 2.24. The van der Waals surface area contributed by atoms with Gasteiger partial charge in [-0.15, -0.1) is 11.3 Å². The number of primary amides is 1. The minimum atomic E-state index is -4.99.